The number of benzene rings is 1. The fourth-order valence-corrected chi connectivity index (χ4v) is 2.49. The number of aliphatic hydroxyl groups is 1. The topological polar surface area (TPSA) is 80.9 Å². The molecule has 1 unspecified atom stereocenters. The molecule has 1 heterocycles. The van der Waals surface area contributed by atoms with Crippen molar-refractivity contribution in [2.45, 2.75) is 39.8 Å². The van der Waals surface area contributed by atoms with Crippen LogP contribution in [-0.4, -0.2) is 43.3 Å². The molecular formula is C18H25NO5. The molecule has 24 heavy (non-hydrogen) atoms. The molecule has 2 rings (SSSR count). The van der Waals surface area contributed by atoms with E-state index in [9.17, 15) is 9.90 Å². The Hall–Kier alpha value is -2.05. The van der Waals surface area contributed by atoms with Crippen molar-refractivity contribution in [2.24, 2.45) is 0 Å². The Balaban J connectivity index is 2.30. The summed E-state index contributed by atoms with van der Waals surface area (Å²) in [6, 6.07) is 3.88. The van der Waals surface area contributed by atoms with E-state index in [1.807, 2.05) is 26.8 Å². The van der Waals surface area contributed by atoms with E-state index < -0.39 is 6.10 Å². The molecule has 0 amide bonds. The number of methoxy groups -OCH3 is 1. The van der Waals surface area contributed by atoms with E-state index in [4.69, 9.17) is 13.9 Å². The first-order valence-corrected chi connectivity index (χ1v) is 8.00. The first-order chi connectivity index (χ1) is 11.3. The summed E-state index contributed by atoms with van der Waals surface area (Å²) in [6.07, 6.45) is -0.671. The van der Waals surface area contributed by atoms with Crippen molar-refractivity contribution in [3.63, 3.8) is 0 Å². The average molecular weight is 335 g/mol. The van der Waals surface area contributed by atoms with Crippen LogP contribution in [0.5, 0.6) is 11.5 Å². The number of furan rings is 1. The quantitative estimate of drug-likeness (QED) is 0.722. The average Bonchev–Trinajstić information content (AvgIpc) is 2.88. The van der Waals surface area contributed by atoms with Gasteiger partial charge in [-0.25, -0.2) is 0 Å². The van der Waals surface area contributed by atoms with E-state index in [0.717, 1.165) is 10.9 Å². The van der Waals surface area contributed by atoms with Gasteiger partial charge in [-0.3, -0.25) is 4.79 Å². The molecular weight excluding hydrogens is 310 g/mol. The molecule has 6 nitrogen and oxygen atoms in total. The van der Waals surface area contributed by atoms with Crippen LogP contribution in [0.4, 0.5) is 0 Å². The molecule has 0 radical (unpaired) electrons. The van der Waals surface area contributed by atoms with Gasteiger partial charge in [0.2, 0.25) is 5.75 Å². The van der Waals surface area contributed by atoms with Crippen molar-refractivity contribution < 1.29 is 23.8 Å². The van der Waals surface area contributed by atoms with Crippen LogP contribution in [0.25, 0.3) is 11.0 Å². The molecule has 0 bridgehead atoms. The van der Waals surface area contributed by atoms with Crippen LogP contribution >= 0.6 is 0 Å². The van der Waals surface area contributed by atoms with Crippen molar-refractivity contribution >= 4 is 16.8 Å². The molecule has 0 fully saturated rings. The second kappa shape index (κ2) is 7.68. The number of ether oxygens (including phenoxy) is 2. The Morgan fingerprint density at radius 1 is 1.38 bits per heavy atom. The third-order valence-corrected chi connectivity index (χ3v) is 3.75. The van der Waals surface area contributed by atoms with E-state index in [1.165, 1.54) is 14.0 Å². The van der Waals surface area contributed by atoms with Gasteiger partial charge in [0.1, 0.15) is 12.7 Å². The molecule has 0 aliphatic rings. The van der Waals surface area contributed by atoms with Gasteiger partial charge in [-0.2, -0.15) is 0 Å². The largest absolute Gasteiger partial charge is 0.493 e. The number of carbonyl (C=O) groups is 1. The minimum Gasteiger partial charge on any atom is -0.493 e. The number of hydrogen-bond donors (Lipinski definition) is 2. The lowest BCUT2D eigenvalue weighted by Gasteiger charge is -2.16. The van der Waals surface area contributed by atoms with Gasteiger partial charge < -0.3 is 24.3 Å². The van der Waals surface area contributed by atoms with Gasteiger partial charge in [-0.15, -0.1) is 0 Å². The second-order valence-corrected chi connectivity index (χ2v) is 6.11. The van der Waals surface area contributed by atoms with Crippen molar-refractivity contribution in [2.75, 3.05) is 20.3 Å². The number of ketones is 1. The van der Waals surface area contributed by atoms with Crippen LogP contribution in [0, 0.1) is 6.92 Å². The normalized spacial score (nSPS) is 12.6. The summed E-state index contributed by atoms with van der Waals surface area (Å²) in [7, 11) is 1.53. The number of Topliss-reactive ketones (excluding diaryl/α,β-unsaturated/α-hetero) is 1. The summed E-state index contributed by atoms with van der Waals surface area (Å²) in [5, 5.41) is 14.0. The van der Waals surface area contributed by atoms with E-state index in [-0.39, 0.29) is 18.4 Å². The predicted molar refractivity (Wildman–Crippen MR) is 92.1 cm³/mol. The zero-order valence-corrected chi connectivity index (χ0v) is 14.8. The highest BCUT2D eigenvalue weighted by atomic mass is 16.5. The molecule has 0 saturated heterocycles. The van der Waals surface area contributed by atoms with Crippen LogP contribution in [0.15, 0.2) is 16.5 Å². The van der Waals surface area contributed by atoms with E-state index in [1.54, 1.807) is 6.07 Å². The second-order valence-electron chi connectivity index (χ2n) is 6.11. The first kappa shape index (κ1) is 18.3. The van der Waals surface area contributed by atoms with Gasteiger partial charge in [-0.1, -0.05) is 13.8 Å². The van der Waals surface area contributed by atoms with Gasteiger partial charge in [0, 0.05) is 30.5 Å². The number of nitrogens with one attached hydrogen (secondary N) is 1. The van der Waals surface area contributed by atoms with Gasteiger partial charge in [-0.05, 0) is 19.1 Å². The van der Waals surface area contributed by atoms with Crippen molar-refractivity contribution in [3.8, 4) is 11.5 Å². The Bertz CT molecular complexity index is 720. The minimum atomic E-state index is -0.671. The molecule has 0 aliphatic carbocycles. The van der Waals surface area contributed by atoms with Crippen LogP contribution in [0.3, 0.4) is 0 Å². The van der Waals surface area contributed by atoms with Crippen molar-refractivity contribution in [1.82, 2.24) is 5.32 Å². The minimum absolute atomic E-state index is 0.0876. The molecule has 1 atom stereocenters. The molecule has 2 aromatic rings. The maximum Gasteiger partial charge on any atom is 0.204 e. The Morgan fingerprint density at radius 3 is 2.67 bits per heavy atom. The SMILES string of the molecule is COc1ccc2c(C)c(C(C)=O)oc2c1OCC(O)CNC(C)C. The fourth-order valence-electron chi connectivity index (χ4n) is 2.49. The first-order valence-electron chi connectivity index (χ1n) is 8.00. The lowest BCUT2D eigenvalue weighted by Crippen LogP contribution is -2.35. The highest BCUT2D eigenvalue weighted by Gasteiger charge is 2.21. The highest BCUT2D eigenvalue weighted by Crippen LogP contribution is 2.39. The number of aliphatic hydroxyl groups excluding tert-OH is 1. The van der Waals surface area contributed by atoms with E-state index >= 15 is 0 Å². The van der Waals surface area contributed by atoms with E-state index in [2.05, 4.69) is 5.32 Å². The molecule has 1 aromatic heterocycles. The summed E-state index contributed by atoms with van der Waals surface area (Å²) in [4.78, 5) is 11.7. The van der Waals surface area contributed by atoms with Crippen LogP contribution in [0.2, 0.25) is 0 Å². The van der Waals surface area contributed by atoms with Gasteiger partial charge in [0.25, 0.3) is 0 Å². The fraction of sp³-hybridized carbons (Fsp3) is 0.500. The standard InChI is InChI=1S/C18H25NO5/c1-10(2)19-8-13(21)9-23-18-15(22-5)7-6-14-11(3)16(12(4)20)24-17(14)18/h6-7,10,13,19,21H,8-9H2,1-5H3. The number of carbonyl (C=O) groups excluding carboxylic acids is 1. The molecule has 0 aliphatic heterocycles. The smallest absolute Gasteiger partial charge is 0.204 e. The Morgan fingerprint density at radius 2 is 2.08 bits per heavy atom. The van der Waals surface area contributed by atoms with Crippen LogP contribution in [0.1, 0.15) is 36.9 Å². The van der Waals surface area contributed by atoms with Crippen molar-refractivity contribution in [3.05, 3.63) is 23.5 Å². The Labute approximate surface area is 141 Å². The molecule has 0 spiro atoms. The summed E-state index contributed by atoms with van der Waals surface area (Å²) < 4.78 is 16.8. The zero-order valence-electron chi connectivity index (χ0n) is 14.8. The summed E-state index contributed by atoms with van der Waals surface area (Å²) >= 11 is 0. The van der Waals surface area contributed by atoms with Crippen molar-refractivity contribution in [1.29, 1.82) is 0 Å². The van der Waals surface area contributed by atoms with E-state index in [0.29, 0.717) is 29.4 Å². The Kier molecular flexibility index (Phi) is 5.85. The third kappa shape index (κ3) is 3.88. The number of rotatable bonds is 8. The molecule has 2 N–H and O–H groups in total. The lowest BCUT2D eigenvalue weighted by molar-refractivity contribution is 0.0982. The molecule has 132 valence electrons. The lowest BCUT2D eigenvalue weighted by atomic mass is 10.1. The monoisotopic (exact) mass is 335 g/mol. The molecule has 1 aromatic carbocycles. The number of hydrogen-bond acceptors (Lipinski definition) is 6. The predicted octanol–water partition coefficient (Wildman–Crippen LogP) is 2.69. The molecule has 0 saturated carbocycles. The summed E-state index contributed by atoms with van der Waals surface area (Å²) in [6.45, 7) is 7.82. The van der Waals surface area contributed by atoms with Gasteiger partial charge >= 0.3 is 0 Å². The number of fused-ring (bicyclic) bond motifs is 1. The maximum absolute atomic E-state index is 11.7. The zero-order chi connectivity index (χ0) is 17.9. The van der Waals surface area contributed by atoms with Crippen LogP contribution < -0.4 is 14.8 Å². The van der Waals surface area contributed by atoms with Gasteiger partial charge in [0.15, 0.2) is 22.9 Å². The number of aryl methyl sites for hydroxylation is 1. The third-order valence-electron chi connectivity index (χ3n) is 3.75. The van der Waals surface area contributed by atoms with Crippen LogP contribution in [-0.2, 0) is 0 Å². The highest BCUT2D eigenvalue weighted by molar-refractivity contribution is 6.00. The van der Waals surface area contributed by atoms with Gasteiger partial charge in [0.05, 0.1) is 7.11 Å². The molecule has 6 heteroatoms. The maximum atomic E-state index is 11.7. The summed E-state index contributed by atoms with van der Waals surface area (Å²) in [5.41, 5.74) is 1.23. The summed E-state index contributed by atoms with van der Waals surface area (Å²) in [5.74, 6) is 1.06.